The minimum absolute atomic E-state index is 0.112. The van der Waals surface area contributed by atoms with E-state index in [1.807, 2.05) is 0 Å². The summed E-state index contributed by atoms with van der Waals surface area (Å²) in [4.78, 5) is 26.9. The second-order valence-corrected chi connectivity index (χ2v) is 9.88. The van der Waals surface area contributed by atoms with E-state index in [0.717, 1.165) is 28.0 Å². The zero-order valence-electron chi connectivity index (χ0n) is 17.7. The molecule has 0 fully saturated rings. The molecule has 178 valence electrons. The zero-order chi connectivity index (χ0) is 24.5. The van der Waals surface area contributed by atoms with Gasteiger partial charge in [-0.2, -0.15) is 0 Å². The number of nitrogens with zero attached hydrogens (tertiary/aromatic N) is 2. The molecule has 4 aromatic rings. The Hall–Kier alpha value is -3.55. The number of sulfonamides is 1. The van der Waals surface area contributed by atoms with E-state index < -0.39 is 38.5 Å². The van der Waals surface area contributed by atoms with E-state index in [4.69, 9.17) is 9.52 Å². The Morgan fingerprint density at radius 1 is 1.32 bits per heavy atom. The van der Waals surface area contributed by atoms with Crippen molar-refractivity contribution < 1.29 is 27.1 Å². The number of nitrogens with one attached hydrogen (secondary N) is 2. The molecule has 0 radical (unpaired) electrons. The van der Waals surface area contributed by atoms with Crippen molar-refractivity contribution in [3.8, 4) is 0 Å². The minimum atomic E-state index is -4.17. The summed E-state index contributed by atoms with van der Waals surface area (Å²) in [5.41, 5.74) is 0.952. The number of carbonyl (C=O) groups is 1. The van der Waals surface area contributed by atoms with Crippen molar-refractivity contribution in [1.82, 2.24) is 14.9 Å². The number of fused-ring (bicyclic) bond motifs is 1. The first-order valence-corrected chi connectivity index (χ1v) is 12.3. The molecule has 2 aromatic heterocycles. The molecule has 10 nitrogen and oxygen atoms in total. The van der Waals surface area contributed by atoms with Crippen LogP contribution in [0, 0.1) is 5.82 Å². The van der Waals surface area contributed by atoms with E-state index in [1.165, 1.54) is 6.20 Å². The molecular formula is C21H19FN4O6S2. The van der Waals surface area contributed by atoms with Crippen molar-refractivity contribution in [1.29, 1.82) is 0 Å². The van der Waals surface area contributed by atoms with Crippen molar-refractivity contribution in [2.45, 2.75) is 24.4 Å². The quantitative estimate of drug-likeness (QED) is 0.314. The molecule has 2 aromatic carbocycles. The topological polar surface area (TPSA) is 144 Å². The Kier molecular flexibility index (Phi) is 6.50. The lowest BCUT2D eigenvalue weighted by atomic mass is 10.0. The van der Waals surface area contributed by atoms with E-state index in [-0.39, 0.29) is 29.3 Å². The van der Waals surface area contributed by atoms with Gasteiger partial charge < -0.3 is 14.8 Å². The Bertz CT molecular complexity index is 1510. The van der Waals surface area contributed by atoms with Gasteiger partial charge >= 0.3 is 11.7 Å². The Balaban J connectivity index is 1.73. The van der Waals surface area contributed by atoms with E-state index in [1.54, 1.807) is 36.6 Å². The fraction of sp³-hybridized carbons (Fsp3) is 0.190. The van der Waals surface area contributed by atoms with Gasteiger partial charge in [0, 0.05) is 24.2 Å². The minimum Gasteiger partial charge on any atom is -0.480 e. The monoisotopic (exact) mass is 506 g/mol. The summed E-state index contributed by atoms with van der Waals surface area (Å²) >= 11 is 1.06. The Morgan fingerprint density at radius 3 is 2.79 bits per heavy atom. The maximum absolute atomic E-state index is 15.2. The van der Waals surface area contributed by atoms with Crippen molar-refractivity contribution in [2.24, 2.45) is 0 Å². The van der Waals surface area contributed by atoms with Crippen LogP contribution in [0.3, 0.4) is 0 Å². The van der Waals surface area contributed by atoms with Crippen LogP contribution in [0.25, 0.3) is 11.1 Å². The summed E-state index contributed by atoms with van der Waals surface area (Å²) in [6.45, 7) is 1.63. The van der Waals surface area contributed by atoms with E-state index in [0.29, 0.717) is 11.1 Å². The van der Waals surface area contributed by atoms with Gasteiger partial charge in [0.05, 0.1) is 17.5 Å². The molecule has 4 rings (SSSR count). The second kappa shape index (κ2) is 9.37. The highest BCUT2D eigenvalue weighted by molar-refractivity contribution is 7.93. The smallest absolute Gasteiger partial charge is 0.420 e. The van der Waals surface area contributed by atoms with Gasteiger partial charge in [0.25, 0.3) is 10.0 Å². The third-order valence-corrected chi connectivity index (χ3v) is 7.22. The third-order valence-electron chi connectivity index (χ3n) is 5.09. The molecule has 2 heterocycles. The molecule has 1 atom stereocenters. The SMILES string of the molecule is CC(c1ccccc1CNCC(=O)O)n1c(=O)oc2cc(S(=O)(=O)Nc3nccs3)cc(F)c21. The summed E-state index contributed by atoms with van der Waals surface area (Å²) in [7, 11) is -4.17. The van der Waals surface area contributed by atoms with Crippen LogP contribution < -0.4 is 15.8 Å². The lowest BCUT2D eigenvalue weighted by Crippen LogP contribution is -2.25. The first-order valence-electron chi connectivity index (χ1n) is 9.94. The van der Waals surface area contributed by atoms with Gasteiger partial charge in [0.15, 0.2) is 16.5 Å². The molecule has 0 aliphatic carbocycles. The second-order valence-electron chi connectivity index (χ2n) is 7.30. The molecule has 0 bridgehead atoms. The number of aliphatic carboxylic acids is 1. The molecule has 3 N–H and O–H groups in total. The fourth-order valence-electron chi connectivity index (χ4n) is 3.60. The van der Waals surface area contributed by atoms with Crippen LogP contribution >= 0.6 is 11.3 Å². The fourth-order valence-corrected chi connectivity index (χ4v) is 5.41. The van der Waals surface area contributed by atoms with Gasteiger partial charge in [-0.25, -0.2) is 22.6 Å². The van der Waals surface area contributed by atoms with Crippen LogP contribution in [-0.4, -0.2) is 35.6 Å². The van der Waals surface area contributed by atoms with Crippen molar-refractivity contribution in [2.75, 3.05) is 11.3 Å². The van der Waals surface area contributed by atoms with Crippen LogP contribution in [0.15, 0.2) is 62.1 Å². The highest BCUT2D eigenvalue weighted by Gasteiger charge is 2.25. The van der Waals surface area contributed by atoms with Crippen LogP contribution in [0.1, 0.15) is 24.1 Å². The molecule has 0 saturated heterocycles. The molecule has 0 aliphatic rings. The predicted octanol–water partition coefficient (Wildman–Crippen LogP) is 2.77. The van der Waals surface area contributed by atoms with Crippen molar-refractivity contribution >= 4 is 43.6 Å². The number of oxazole rings is 1. The van der Waals surface area contributed by atoms with Gasteiger partial charge in [-0.1, -0.05) is 24.3 Å². The van der Waals surface area contributed by atoms with Crippen LogP contribution in [0.4, 0.5) is 9.52 Å². The summed E-state index contributed by atoms with van der Waals surface area (Å²) in [5.74, 6) is -2.83. The first kappa shape index (κ1) is 23.6. The summed E-state index contributed by atoms with van der Waals surface area (Å²) in [5, 5.41) is 13.3. The predicted molar refractivity (Wildman–Crippen MR) is 123 cm³/mol. The van der Waals surface area contributed by atoms with Gasteiger partial charge in [0.2, 0.25) is 0 Å². The molecule has 0 saturated carbocycles. The number of rotatable bonds is 9. The van der Waals surface area contributed by atoms with E-state index >= 15 is 4.39 Å². The number of benzene rings is 2. The lowest BCUT2D eigenvalue weighted by molar-refractivity contribution is -0.136. The number of hydrogen-bond acceptors (Lipinski definition) is 8. The average Bonchev–Trinajstić information content (AvgIpc) is 3.40. The summed E-state index contributed by atoms with van der Waals surface area (Å²) < 4.78 is 49.1. The van der Waals surface area contributed by atoms with Crippen molar-refractivity contribution in [3.05, 3.63) is 75.5 Å². The number of carboxylic acid groups (broad SMARTS) is 1. The molecular weight excluding hydrogens is 487 g/mol. The first-order chi connectivity index (χ1) is 16.2. The highest BCUT2D eigenvalue weighted by atomic mass is 32.2. The van der Waals surface area contributed by atoms with Crippen LogP contribution in [-0.2, 0) is 21.4 Å². The van der Waals surface area contributed by atoms with Gasteiger partial charge in [0.1, 0.15) is 5.52 Å². The van der Waals surface area contributed by atoms with Gasteiger partial charge in [-0.05, 0) is 24.1 Å². The zero-order valence-corrected chi connectivity index (χ0v) is 19.3. The normalized spacial score (nSPS) is 12.6. The molecule has 0 amide bonds. The standard InChI is InChI=1S/C21H19FN4O6S2/c1-12(15-5-3-2-4-13(15)10-23-11-18(27)28)26-19-16(22)8-14(9-17(19)32-21(26)29)34(30,31)25-20-24-6-7-33-20/h2-9,12,23H,10-11H2,1H3,(H,24,25)(H,27,28). The molecule has 13 heteroatoms. The largest absolute Gasteiger partial charge is 0.480 e. The summed E-state index contributed by atoms with van der Waals surface area (Å²) in [6.07, 6.45) is 1.42. The number of anilines is 1. The van der Waals surface area contributed by atoms with E-state index in [9.17, 15) is 18.0 Å². The maximum Gasteiger partial charge on any atom is 0.420 e. The Morgan fingerprint density at radius 2 is 2.09 bits per heavy atom. The van der Waals surface area contributed by atoms with Gasteiger partial charge in [-0.15, -0.1) is 11.3 Å². The van der Waals surface area contributed by atoms with Crippen LogP contribution in [0.2, 0.25) is 0 Å². The van der Waals surface area contributed by atoms with E-state index in [2.05, 4.69) is 15.0 Å². The van der Waals surface area contributed by atoms with Crippen LogP contribution in [0.5, 0.6) is 0 Å². The molecule has 1 unspecified atom stereocenters. The lowest BCUT2D eigenvalue weighted by Gasteiger charge is -2.18. The number of carboxylic acids is 1. The molecule has 0 aliphatic heterocycles. The highest BCUT2D eigenvalue weighted by Crippen LogP contribution is 2.29. The molecule has 34 heavy (non-hydrogen) atoms. The third kappa shape index (κ3) is 4.71. The average molecular weight is 507 g/mol. The molecule has 0 spiro atoms. The number of thiazole rings is 1. The Labute approximate surface area is 196 Å². The van der Waals surface area contributed by atoms with Crippen molar-refractivity contribution in [3.63, 3.8) is 0 Å². The summed E-state index contributed by atoms with van der Waals surface area (Å²) in [6, 6.07) is 8.21. The number of aromatic nitrogens is 2. The number of halogens is 1. The van der Waals surface area contributed by atoms with Gasteiger partial charge in [-0.3, -0.25) is 14.1 Å². The maximum atomic E-state index is 15.2. The number of hydrogen-bond donors (Lipinski definition) is 3.